The molecule has 0 fully saturated rings. The minimum atomic E-state index is -0.322. The molecule has 0 radical (unpaired) electrons. The highest BCUT2D eigenvalue weighted by molar-refractivity contribution is 9.10. The van der Waals surface area contributed by atoms with Crippen LogP contribution in [-0.4, -0.2) is 15.7 Å². The van der Waals surface area contributed by atoms with Crippen LogP contribution in [0.25, 0.3) is 5.69 Å². The maximum absolute atomic E-state index is 13.1. The molecule has 0 saturated heterocycles. The van der Waals surface area contributed by atoms with Gasteiger partial charge >= 0.3 is 0 Å². The first kappa shape index (κ1) is 17.6. The van der Waals surface area contributed by atoms with Gasteiger partial charge in [0.25, 0.3) is 5.91 Å². The second-order valence-corrected chi connectivity index (χ2v) is 6.65. The van der Waals surface area contributed by atoms with Crippen LogP contribution in [0.3, 0.4) is 0 Å². The topological polar surface area (TPSA) is 46.9 Å². The maximum Gasteiger partial charge on any atom is 0.259 e. The summed E-state index contributed by atoms with van der Waals surface area (Å²) in [6.45, 7) is 1.93. The molecule has 25 heavy (non-hydrogen) atoms. The van der Waals surface area contributed by atoms with Crippen molar-refractivity contribution in [3.8, 4) is 5.69 Å². The number of hydrogen-bond acceptors (Lipinski definition) is 2. The normalized spacial score (nSPS) is 10.7. The molecule has 1 heterocycles. The molecule has 0 aliphatic carbocycles. The third-order valence-corrected chi connectivity index (χ3v) is 4.50. The van der Waals surface area contributed by atoms with Gasteiger partial charge in [-0.1, -0.05) is 34.5 Å². The fourth-order valence-corrected chi connectivity index (χ4v) is 3.21. The van der Waals surface area contributed by atoms with Crippen LogP contribution >= 0.6 is 27.5 Å². The van der Waals surface area contributed by atoms with Crippen molar-refractivity contribution in [3.63, 3.8) is 0 Å². The van der Waals surface area contributed by atoms with Gasteiger partial charge in [-0.15, -0.1) is 0 Å². The molecule has 0 aliphatic rings. The van der Waals surface area contributed by atoms with Gasteiger partial charge < -0.3 is 5.32 Å². The number of halogens is 3. The van der Waals surface area contributed by atoms with Crippen LogP contribution in [-0.2, 0) is 6.42 Å². The summed E-state index contributed by atoms with van der Waals surface area (Å²) >= 11 is 9.48. The number of anilines is 1. The molecule has 0 spiro atoms. The van der Waals surface area contributed by atoms with Crippen molar-refractivity contribution in [3.05, 3.63) is 75.2 Å². The molecule has 1 aromatic heterocycles. The summed E-state index contributed by atoms with van der Waals surface area (Å²) in [6, 6.07) is 11.2. The Morgan fingerprint density at radius 2 is 2.00 bits per heavy atom. The number of nitrogens with one attached hydrogen (secondary N) is 1. The number of carbonyl (C=O) groups excluding carboxylic acids is 1. The summed E-state index contributed by atoms with van der Waals surface area (Å²) in [7, 11) is 0. The zero-order valence-electron chi connectivity index (χ0n) is 13.3. The minimum absolute atomic E-state index is 0.297. The summed E-state index contributed by atoms with van der Waals surface area (Å²) in [5.41, 5.74) is 2.40. The Balaban J connectivity index is 1.92. The average Bonchev–Trinajstić information content (AvgIpc) is 3.02. The summed E-state index contributed by atoms with van der Waals surface area (Å²) in [4.78, 5) is 12.6. The molecule has 4 nitrogen and oxygen atoms in total. The summed E-state index contributed by atoms with van der Waals surface area (Å²) < 4.78 is 15.6. The molecule has 3 rings (SSSR count). The summed E-state index contributed by atoms with van der Waals surface area (Å²) in [5.74, 6) is -0.619. The number of nitrogens with zero attached hydrogens (tertiary/aromatic N) is 2. The average molecular weight is 423 g/mol. The Hall–Kier alpha value is -2.18. The Morgan fingerprint density at radius 3 is 2.64 bits per heavy atom. The highest BCUT2D eigenvalue weighted by atomic mass is 79.9. The number of amides is 1. The van der Waals surface area contributed by atoms with Gasteiger partial charge in [-0.25, -0.2) is 9.07 Å². The van der Waals surface area contributed by atoms with Gasteiger partial charge in [-0.3, -0.25) is 4.79 Å². The lowest BCUT2D eigenvalue weighted by molar-refractivity contribution is 0.102. The fourth-order valence-electron chi connectivity index (χ4n) is 2.49. The summed E-state index contributed by atoms with van der Waals surface area (Å²) in [6.07, 6.45) is 2.10. The fraction of sp³-hybridized carbons (Fsp3) is 0.111. The van der Waals surface area contributed by atoms with Crippen molar-refractivity contribution in [2.45, 2.75) is 13.3 Å². The van der Waals surface area contributed by atoms with Crippen LogP contribution in [0.1, 0.15) is 23.0 Å². The zero-order valence-corrected chi connectivity index (χ0v) is 15.6. The third-order valence-electron chi connectivity index (χ3n) is 3.70. The number of hydrogen-bond donors (Lipinski definition) is 1. The summed E-state index contributed by atoms with van der Waals surface area (Å²) in [5, 5.41) is 7.51. The van der Waals surface area contributed by atoms with Gasteiger partial charge in [0.2, 0.25) is 0 Å². The van der Waals surface area contributed by atoms with E-state index in [4.69, 9.17) is 11.6 Å². The van der Waals surface area contributed by atoms with E-state index in [1.165, 1.54) is 18.3 Å². The van der Waals surface area contributed by atoms with E-state index in [2.05, 4.69) is 26.3 Å². The van der Waals surface area contributed by atoms with Crippen LogP contribution in [0, 0.1) is 5.82 Å². The van der Waals surface area contributed by atoms with Crippen molar-refractivity contribution in [2.24, 2.45) is 0 Å². The highest BCUT2D eigenvalue weighted by Gasteiger charge is 2.18. The SMILES string of the molecule is CCc1c(C(=O)Nc2ccc(Br)cc2Cl)cnn1-c1ccc(F)cc1. The Kier molecular flexibility index (Phi) is 5.20. The van der Waals surface area contributed by atoms with E-state index in [1.807, 2.05) is 6.92 Å². The zero-order chi connectivity index (χ0) is 18.0. The predicted molar refractivity (Wildman–Crippen MR) is 100 cm³/mol. The van der Waals surface area contributed by atoms with Crippen LogP contribution in [0.4, 0.5) is 10.1 Å². The maximum atomic E-state index is 13.1. The lowest BCUT2D eigenvalue weighted by Crippen LogP contribution is -2.14. The Bertz CT molecular complexity index is 925. The highest BCUT2D eigenvalue weighted by Crippen LogP contribution is 2.26. The first-order valence-electron chi connectivity index (χ1n) is 7.59. The van der Waals surface area contributed by atoms with Gasteiger partial charge in [-0.2, -0.15) is 5.10 Å². The van der Waals surface area contributed by atoms with Gasteiger partial charge in [0.05, 0.1) is 33.9 Å². The van der Waals surface area contributed by atoms with Crippen LogP contribution in [0.15, 0.2) is 53.1 Å². The first-order valence-corrected chi connectivity index (χ1v) is 8.76. The monoisotopic (exact) mass is 421 g/mol. The molecule has 0 atom stereocenters. The van der Waals surface area contributed by atoms with E-state index in [0.29, 0.717) is 28.4 Å². The molecule has 0 bridgehead atoms. The van der Waals surface area contributed by atoms with Gasteiger partial charge in [0.1, 0.15) is 5.82 Å². The molecule has 0 unspecified atom stereocenters. The Morgan fingerprint density at radius 1 is 1.28 bits per heavy atom. The molecular weight excluding hydrogens is 409 g/mol. The van der Waals surface area contributed by atoms with Crippen LogP contribution in [0.2, 0.25) is 5.02 Å². The lowest BCUT2D eigenvalue weighted by atomic mass is 10.2. The van der Waals surface area contributed by atoms with E-state index in [-0.39, 0.29) is 11.7 Å². The number of rotatable bonds is 4. The first-order chi connectivity index (χ1) is 12.0. The minimum Gasteiger partial charge on any atom is -0.321 e. The standard InChI is InChI=1S/C18H14BrClFN3O/c1-2-17-14(10-22-24(17)13-6-4-12(21)5-7-13)18(25)23-16-8-3-11(19)9-15(16)20/h3-10H,2H2,1H3,(H,23,25). The molecule has 2 aromatic carbocycles. The van der Waals surface area contributed by atoms with Gasteiger partial charge in [-0.05, 0) is 48.9 Å². The van der Waals surface area contributed by atoms with Gasteiger partial charge in [0.15, 0.2) is 0 Å². The van der Waals surface area contributed by atoms with Crippen molar-refractivity contribution < 1.29 is 9.18 Å². The molecule has 1 amide bonds. The van der Waals surface area contributed by atoms with Gasteiger partial charge in [0, 0.05) is 4.47 Å². The molecule has 3 aromatic rings. The van der Waals surface area contributed by atoms with Crippen molar-refractivity contribution >= 4 is 39.1 Å². The molecule has 128 valence electrons. The molecular formula is C18H14BrClFN3O. The molecule has 7 heteroatoms. The number of aromatic nitrogens is 2. The largest absolute Gasteiger partial charge is 0.321 e. The van der Waals surface area contributed by atoms with E-state index >= 15 is 0 Å². The Labute approximate surface area is 157 Å². The smallest absolute Gasteiger partial charge is 0.259 e. The molecule has 0 saturated carbocycles. The van der Waals surface area contributed by atoms with Crippen molar-refractivity contribution in [1.82, 2.24) is 9.78 Å². The van der Waals surface area contributed by atoms with E-state index in [9.17, 15) is 9.18 Å². The molecule has 1 N–H and O–H groups in total. The van der Waals surface area contributed by atoms with Crippen LogP contribution < -0.4 is 5.32 Å². The quantitative estimate of drug-likeness (QED) is 0.625. The van der Waals surface area contributed by atoms with E-state index in [1.54, 1.807) is 35.0 Å². The van der Waals surface area contributed by atoms with Crippen molar-refractivity contribution in [1.29, 1.82) is 0 Å². The van der Waals surface area contributed by atoms with E-state index < -0.39 is 0 Å². The molecule has 0 aliphatic heterocycles. The number of benzene rings is 2. The number of carbonyl (C=O) groups is 1. The second kappa shape index (κ2) is 7.37. The lowest BCUT2D eigenvalue weighted by Gasteiger charge is -2.10. The predicted octanol–water partition coefficient (Wildman–Crippen LogP) is 5.24. The third kappa shape index (κ3) is 3.75. The van der Waals surface area contributed by atoms with Crippen LogP contribution in [0.5, 0.6) is 0 Å². The second-order valence-electron chi connectivity index (χ2n) is 5.33. The van der Waals surface area contributed by atoms with Crippen molar-refractivity contribution in [2.75, 3.05) is 5.32 Å². The van der Waals surface area contributed by atoms with E-state index in [0.717, 1.165) is 10.2 Å².